The molecule has 0 saturated carbocycles. The Balaban J connectivity index is 1.57. The summed E-state index contributed by atoms with van der Waals surface area (Å²) in [6, 6.07) is 12.3. The Labute approximate surface area is 154 Å². The normalized spacial score (nSPS) is 12.3. The minimum Gasteiger partial charge on any atom is -0.465 e. The zero-order chi connectivity index (χ0) is 17.8. The maximum absolute atomic E-state index is 12.0. The number of hydrogen-bond acceptors (Lipinski definition) is 5. The van der Waals surface area contributed by atoms with Crippen molar-refractivity contribution < 1.29 is 14.3 Å². The molecule has 1 aliphatic rings. The summed E-state index contributed by atoms with van der Waals surface area (Å²) in [5, 5.41) is 4.28. The summed E-state index contributed by atoms with van der Waals surface area (Å²) < 4.78 is 4.71. The van der Waals surface area contributed by atoms with Gasteiger partial charge >= 0.3 is 5.97 Å². The van der Waals surface area contributed by atoms with Gasteiger partial charge in [-0.25, -0.2) is 9.79 Å². The summed E-state index contributed by atoms with van der Waals surface area (Å²) in [5.41, 5.74) is 2.96. The molecular weight excluding hydrogens is 360 g/mol. The van der Waals surface area contributed by atoms with Crippen LogP contribution in [0.5, 0.6) is 0 Å². The van der Waals surface area contributed by atoms with Gasteiger partial charge in [0.1, 0.15) is 0 Å². The lowest BCUT2D eigenvalue weighted by Crippen LogP contribution is -2.15. The van der Waals surface area contributed by atoms with E-state index < -0.39 is 0 Å². The zero-order valence-corrected chi connectivity index (χ0v) is 15.0. The molecule has 2 aromatic rings. The molecule has 1 aliphatic heterocycles. The van der Waals surface area contributed by atoms with Gasteiger partial charge in [0.2, 0.25) is 5.91 Å². The summed E-state index contributed by atoms with van der Waals surface area (Å²) in [4.78, 5) is 28.1. The molecule has 0 aliphatic carbocycles. The maximum Gasteiger partial charge on any atom is 0.337 e. The Morgan fingerprint density at radius 2 is 2.00 bits per heavy atom. The van der Waals surface area contributed by atoms with Crippen molar-refractivity contribution >= 4 is 51.7 Å². The number of carbonyl (C=O) groups excluding carboxylic acids is 2. The largest absolute Gasteiger partial charge is 0.465 e. The Morgan fingerprint density at radius 1 is 1.24 bits per heavy atom. The zero-order valence-electron chi connectivity index (χ0n) is 13.4. The van der Waals surface area contributed by atoms with E-state index in [-0.39, 0.29) is 17.6 Å². The molecule has 0 radical (unpaired) electrons. The summed E-state index contributed by atoms with van der Waals surface area (Å²) in [6.45, 7) is 0. The number of nitrogens with zero attached hydrogens (tertiary/aromatic N) is 1. The van der Waals surface area contributed by atoms with E-state index in [1.165, 1.54) is 18.9 Å². The van der Waals surface area contributed by atoms with E-state index in [0.717, 1.165) is 16.3 Å². The standard InChI is InChI=1S/C18H15ClN2O3S/c1-24-18(23)12-3-2-11-9-17(21-15(11)8-12)25-10-16(22)20-14-6-4-13(19)5-7-14/h2-8H,9-10H2,1H3,(H,20,22). The SMILES string of the molecule is COC(=O)c1ccc2c(c1)N=C(SCC(=O)Nc1ccc(Cl)cc1)C2. The highest BCUT2D eigenvalue weighted by Gasteiger charge is 2.18. The van der Waals surface area contributed by atoms with Crippen molar-refractivity contribution in [1.29, 1.82) is 0 Å². The molecule has 0 unspecified atom stereocenters. The third-order valence-electron chi connectivity index (χ3n) is 3.59. The number of anilines is 1. The lowest BCUT2D eigenvalue weighted by molar-refractivity contribution is -0.113. The lowest BCUT2D eigenvalue weighted by atomic mass is 10.1. The monoisotopic (exact) mass is 374 g/mol. The highest BCUT2D eigenvalue weighted by Crippen LogP contribution is 2.31. The quantitative estimate of drug-likeness (QED) is 0.818. The molecule has 0 spiro atoms. The van der Waals surface area contributed by atoms with Gasteiger partial charge < -0.3 is 10.1 Å². The van der Waals surface area contributed by atoms with Gasteiger partial charge in [0.25, 0.3) is 0 Å². The molecule has 7 heteroatoms. The van der Waals surface area contributed by atoms with Crippen molar-refractivity contribution in [3.63, 3.8) is 0 Å². The number of halogens is 1. The molecule has 1 amide bonds. The second kappa shape index (κ2) is 7.72. The van der Waals surface area contributed by atoms with Crippen molar-refractivity contribution in [2.45, 2.75) is 6.42 Å². The van der Waals surface area contributed by atoms with Crippen LogP contribution in [0.15, 0.2) is 47.5 Å². The first-order valence-corrected chi connectivity index (χ1v) is 8.88. The highest BCUT2D eigenvalue weighted by atomic mass is 35.5. The van der Waals surface area contributed by atoms with Crippen LogP contribution < -0.4 is 5.32 Å². The smallest absolute Gasteiger partial charge is 0.337 e. The molecule has 0 atom stereocenters. The van der Waals surface area contributed by atoms with Crippen molar-refractivity contribution in [3.05, 3.63) is 58.6 Å². The number of benzene rings is 2. The van der Waals surface area contributed by atoms with Gasteiger partial charge in [-0.3, -0.25) is 4.79 Å². The maximum atomic E-state index is 12.0. The van der Waals surface area contributed by atoms with Crippen molar-refractivity contribution in [1.82, 2.24) is 0 Å². The van der Waals surface area contributed by atoms with Crippen LogP contribution in [0.3, 0.4) is 0 Å². The first kappa shape index (κ1) is 17.5. The van der Waals surface area contributed by atoms with Crippen LogP contribution in [0, 0.1) is 0 Å². The number of carbonyl (C=O) groups is 2. The predicted octanol–water partition coefficient (Wildman–Crippen LogP) is 4.08. The molecule has 3 rings (SSSR count). The lowest BCUT2D eigenvalue weighted by Gasteiger charge is -2.05. The number of thioether (sulfide) groups is 1. The Morgan fingerprint density at radius 3 is 2.72 bits per heavy atom. The fraction of sp³-hybridized carbons (Fsp3) is 0.167. The van der Waals surface area contributed by atoms with Crippen LogP contribution in [0.2, 0.25) is 5.02 Å². The van der Waals surface area contributed by atoms with Crippen molar-refractivity contribution in [3.8, 4) is 0 Å². The topological polar surface area (TPSA) is 67.8 Å². The van der Waals surface area contributed by atoms with E-state index in [4.69, 9.17) is 16.3 Å². The number of hydrogen-bond donors (Lipinski definition) is 1. The molecule has 1 heterocycles. The second-order valence-electron chi connectivity index (χ2n) is 5.36. The predicted molar refractivity (Wildman–Crippen MR) is 101 cm³/mol. The van der Waals surface area contributed by atoms with Gasteiger partial charge in [0, 0.05) is 17.1 Å². The fourth-order valence-corrected chi connectivity index (χ4v) is 3.28. The minimum absolute atomic E-state index is 0.110. The molecule has 2 aromatic carbocycles. The first-order chi connectivity index (χ1) is 12.0. The number of rotatable bonds is 4. The average molecular weight is 375 g/mol. The number of amides is 1. The Bertz CT molecular complexity index is 850. The molecule has 0 fully saturated rings. The van der Waals surface area contributed by atoms with Crippen LogP contribution in [0.1, 0.15) is 15.9 Å². The summed E-state index contributed by atoms with van der Waals surface area (Å²) in [6.07, 6.45) is 0.662. The molecule has 0 bridgehead atoms. The van der Waals surface area contributed by atoms with Crippen LogP contribution in [-0.2, 0) is 16.0 Å². The van der Waals surface area contributed by atoms with Crippen molar-refractivity contribution in [2.24, 2.45) is 4.99 Å². The van der Waals surface area contributed by atoms with Crippen LogP contribution in [0.4, 0.5) is 11.4 Å². The fourth-order valence-electron chi connectivity index (χ4n) is 2.36. The molecule has 25 heavy (non-hydrogen) atoms. The second-order valence-corrected chi connectivity index (χ2v) is 6.85. The van der Waals surface area contributed by atoms with E-state index in [9.17, 15) is 9.59 Å². The molecule has 0 saturated heterocycles. The van der Waals surface area contributed by atoms with Crippen LogP contribution in [0.25, 0.3) is 0 Å². The van der Waals surface area contributed by atoms with E-state index in [1.807, 2.05) is 6.07 Å². The van der Waals surface area contributed by atoms with Gasteiger partial charge in [-0.15, -0.1) is 11.8 Å². The van der Waals surface area contributed by atoms with E-state index in [2.05, 4.69) is 10.3 Å². The Hall–Kier alpha value is -2.31. The minimum atomic E-state index is -0.388. The number of methoxy groups -OCH3 is 1. The highest BCUT2D eigenvalue weighted by molar-refractivity contribution is 8.14. The Kier molecular flexibility index (Phi) is 5.40. The molecular formula is C18H15ClN2O3S. The molecule has 1 N–H and O–H groups in total. The first-order valence-electron chi connectivity index (χ1n) is 7.52. The van der Waals surface area contributed by atoms with E-state index in [1.54, 1.807) is 36.4 Å². The van der Waals surface area contributed by atoms with Crippen LogP contribution >= 0.6 is 23.4 Å². The number of esters is 1. The number of ether oxygens (including phenoxy) is 1. The van der Waals surface area contributed by atoms with E-state index in [0.29, 0.717) is 22.7 Å². The third kappa shape index (κ3) is 4.41. The van der Waals surface area contributed by atoms with Gasteiger partial charge in [-0.2, -0.15) is 0 Å². The molecule has 5 nitrogen and oxygen atoms in total. The molecule has 0 aromatic heterocycles. The third-order valence-corrected chi connectivity index (χ3v) is 4.82. The van der Waals surface area contributed by atoms with Crippen LogP contribution in [-0.4, -0.2) is 29.8 Å². The van der Waals surface area contributed by atoms with Gasteiger partial charge in [-0.05, 0) is 42.0 Å². The van der Waals surface area contributed by atoms with E-state index >= 15 is 0 Å². The number of aliphatic imine (C=N–C) groups is 1. The number of nitrogens with one attached hydrogen (secondary N) is 1. The summed E-state index contributed by atoms with van der Waals surface area (Å²) >= 11 is 7.20. The average Bonchev–Trinajstić information content (AvgIpc) is 3.03. The number of fused-ring (bicyclic) bond motifs is 1. The summed E-state index contributed by atoms with van der Waals surface area (Å²) in [5.74, 6) is -0.234. The summed E-state index contributed by atoms with van der Waals surface area (Å²) in [7, 11) is 1.35. The molecule has 128 valence electrons. The van der Waals surface area contributed by atoms with Crippen molar-refractivity contribution in [2.75, 3.05) is 18.2 Å². The van der Waals surface area contributed by atoms with Gasteiger partial charge in [0.05, 0.1) is 29.2 Å². The van der Waals surface area contributed by atoms with Gasteiger partial charge in [-0.1, -0.05) is 17.7 Å². The van der Waals surface area contributed by atoms with Gasteiger partial charge in [0.15, 0.2) is 0 Å².